The lowest BCUT2D eigenvalue weighted by molar-refractivity contribution is 0.594. The molecular weight excluding hydrogens is 496 g/mol. The molecule has 12 heteroatoms. The van der Waals surface area contributed by atoms with Crippen LogP contribution < -0.4 is 44.5 Å². The highest BCUT2D eigenvalue weighted by Gasteiger charge is 2.25. The summed E-state index contributed by atoms with van der Waals surface area (Å²) in [6.45, 7) is 0. The monoisotopic (exact) mass is 508 g/mol. The second-order valence-electron chi connectivity index (χ2n) is 9.20. The summed E-state index contributed by atoms with van der Waals surface area (Å²) < 4.78 is 2.61. The van der Waals surface area contributed by atoms with Gasteiger partial charge in [0, 0.05) is 14.1 Å². The van der Waals surface area contributed by atoms with E-state index in [0.717, 1.165) is 21.3 Å². The van der Waals surface area contributed by atoms with Gasteiger partial charge < -0.3 is 0 Å². The third-order valence-electron chi connectivity index (χ3n) is 7.36. The molecule has 7 rings (SSSR count). The van der Waals surface area contributed by atoms with Crippen molar-refractivity contribution in [2.75, 3.05) is 0 Å². The largest absolute Gasteiger partial charge is 0.281 e. The number of nitrogens with zero attached hydrogens (tertiary/aromatic N) is 4. The van der Waals surface area contributed by atoms with Crippen LogP contribution in [-0.2, 0) is 14.1 Å². The van der Waals surface area contributed by atoms with Gasteiger partial charge in [0.1, 0.15) is 0 Å². The Morgan fingerprint density at radius 3 is 1.21 bits per heavy atom. The standard InChI is InChI=1S/C26H12N4O8/c1-27-20(32)13-7-15-16(8-14(13)21(27)33)24(36)29(23(15)35)30-22(34)12-6-4-9-10(18(12)26(30)38)3-5-11-17(9)25(37)28(2)19(11)31/h3-8H,1-2H3. The summed E-state index contributed by atoms with van der Waals surface area (Å²) in [6.07, 6.45) is 0. The maximum absolute atomic E-state index is 13.6. The van der Waals surface area contributed by atoms with Crippen LogP contribution in [0.4, 0.5) is 0 Å². The highest BCUT2D eigenvalue weighted by Crippen LogP contribution is 2.26. The predicted octanol–water partition coefficient (Wildman–Crippen LogP) is -1.32. The summed E-state index contributed by atoms with van der Waals surface area (Å²) in [4.78, 5) is 103. The lowest BCUT2D eigenvalue weighted by Gasteiger charge is -1.99. The zero-order valence-electron chi connectivity index (χ0n) is 19.5. The van der Waals surface area contributed by atoms with Crippen LogP contribution >= 0.6 is 0 Å². The van der Waals surface area contributed by atoms with Crippen molar-refractivity contribution in [3.8, 4) is 0 Å². The summed E-state index contributed by atoms with van der Waals surface area (Å²) in [5.41, 5.74) is -6.30. The molecule has 3 aromatic carbocycles. The van der Waals surface area contributed by atoms with E-state index in [9.17, 15) is 38.4 Å². The van der Waals surface area contributed by atoms with Gasteiger partial charge in [-0.2, -0.15) is 9.35 Å². The van der Waals surface area contributed by atoms with Gasteiger partial charge in [0.15, 0.2) is 0 Å². The first-order valence-corrected chi connectivity index (χ1v) is 11.2. The quantitative estimate of drug-likeness (QED) is 0.264. The molecule has 0 radical (unpaired) electrons. The van der Waals surface area contributed by atoms with Crippen molar-refractivity contribution in [1.82, 2.24) is 18.5 Å². The normalized spacial score (nSPS) is 12.3. The van der Waals surface area contributed by atoms with Crippen LogP contribution in [0.5, 0.6) is 0 Å². The summed E-state index contributed by atoms with van der Waals surface area (Å²) in [6, 6.07) is 7.79. The van der Waals surface area contributed by atoms with Gasteiger partial charge in [-0.15, -0.1) is 0 Å². The van der Waals surface area contributed by atoms with Crippen LogP contribution in [0.25, 0.3) is 53.9 Å². The second-order valence-corrected chi connectivity index (χ2v) is 9.20. The van der Waals surface area contributed by atoms with Crippen molar-refractivity contribution >= 4 is 53.9 Å². The van der Waals surface area contributed by atoms with Gasteiger partial charge in [0.2, 0.25) is 0 Å². The van der Waals surface area contributed by atoms with Crippen LogP contribution in [0.15, 0.2) is 74.8 Å². The number of hydrogen-bond acceptors (Lipinski definition) is 8. The lowest BCUT2D eigenvalue weighted by Crippen LogP contribution is -2.42. The van der Waals surface area contributed by atoms with E-state index in [1.54, 1.807) is 0 Å². The summed E-state index contributed by atoms with van der Waals surface area (Å²) >= 11 is 0. The first kappa shape index (κ1) is 21.7. The molecule has 184 valence electrons. The second kappa shape index (κ2) is 6.62. The first-order valence-electron chi connectivity index (χ1n) is 11.2. The number of benzene rings is 3. The molecule has 0 aliphatic carbocycles. The number of rotatable bonds is 1. The molecular formula is C26H12N4O8. The average molecular weight is 508 g/mol. The molecule has 0 unspecified atom stereocenters. The zero-order chi connectivity index (χ0) is 26.9. The van der Waals surface area contributed by atoms with Crippen molar-refractivity contribution in [1.29, 1.82) is 0 Å². The molecule has 0 N–H and O–H groups in total. The van der Waals surface area contributed by atoms with Gasteiger partial charge in [-0.3, -0.25) is 47.5 Å². The van der Waals surface area contributed by atoms with Crippen LogP contribution in [0.3, 0.4) is 0 Å². The molecule has 0 saturated heterocycles. The summed E-state index contributed by atoms with van der Waals surface area (Å²) in [5.74, 6) is 0. The van der Waals surface area contributed by atoms with E-state index in [-0.39, 0.29) is 53.9 Å². The van der Waals surface area contributed by atoms with Crippen molar-refractivity contribution in [2.45, 2.75) is 0 Å². The van der Waals surface area contributed by atoms with E-state index >= 15 is 0 Å². The van der Waals surface area contributed by atoms with Gasteiger partial charge in [0.25, 0.3) is 44.5 Å². The van der Waals surface area contributed by atoms with Gasteiger partial charge in [-0.1, -0.05) is 12.1 Å². The van der Waals surface area contributed by atoms with E-state index in [1.165, 1.54) is 38.4 Å². The van der Waals surface area contributed by atoms with E-state index in [0.29, 0.717) is 9.35 Å². The topological polar surface area (TPSA) is 156 Å². The maximum Gasteiger partial charge on any atom is 0.281 e. The summed E-state index contributed by atoms with van der Waals surface area (Å²) in [5, 5.41) is -0.0906. The Hall–Kier alpha value is -5.52. The molecule has 0 atom stereocenters. The Bertz CT molecular complexity index is 2620. The minimum absolute atomic E-state index is 0.0642. The van der Waals surface area contributed by atoms with E-state index in [1.807, 2.05) is 0 Å². The molecule has 0 amide bonds. The molecule has 0 fully saturated rings. The van der Waals surface area contributed by atoms with Crippen LogP contribution in [0.2, 0.25) is 0 Å². The fourth-order valence-electron chi connectivity index (χ4n) is 5.42. The van der Waals surface area contributed by atoms with Gasteiger partial charge in [-0.05, 0) is 35.0 Å². The number of fused-ring (bicyclic) bond motifs is 7. The van der Waals surface area contributed by atoms with Crippen LogP contribution in [0, 0.1) is 0 Å². The molecule has 4 heterocycles. The molecule has 38 heavy (non-hydrogen) atoms. The predicted molar refractivity (Wildman–Crippen MR) is 140 cm³/mol. The van der Waals surface area contributed by atoms with Crippen molar-refractivity contribution < 1.29 is 0 Å². The Morgan fingerprint density at radius 1 is 0.368 bits per heavy atom. The molecule has 7 aromatic rings. The van der Waals surface area contributed by atoms with E-state index in [2.05, 4.69) is 0 Å². The fraction of sp³-hybridized carbons (Fsp3) is 0.0769. The minimum Gasteiger partial charge on any atom is -0.277 e. The van der Waals surface area contributed by atoms with Crippen LogP contribution in [0.1, 0.15) is 0 Å². The Kier molecular flexibility index (Phi) is 3.79. The minimum atomic E-state index is -1.01. The third-order valence-corrected chi connectivity index (χ3v) is 7.36. The Labute approximate surface area is 206 Å². The average Bonchev–Trinajstić information content (AvgIpc) is 3.48. The van der Waals surface area contributed by atoms with Crippen molar-refractivity contribution in [3.63, 3.8) is 0 Å². The van der Waals surface area contributed by atoms with Crippen molar-refractivity contribution in [2.24, 2.45) is 14.1 Å². The molecule has 0 aliphatic heterocycles. The molecule has 12 nitrogen and oxygen atoms in total. The third kappa shape index (κ3) is 2.25. The fourth-order valence-corrected chi connectivity index (χ4v) is 5.42. The highest BCUT2D eigenvalue weighted by atomic mass is 16.2. The molecule has 0 saturated carbocycles. The van der Waals surface area contributed by atoms with Crippen LogP contribution in [-0.4, -0.2) is 18.5 Å². The number of aromatic nitrogens is 4. The van der Waals surface area contributed by atoms with Gasteiger partial charge in [0.05, 0.1) is 43.1 Å². The maximum atomic E-state index is 13.6. The van der Waals surface area contributed by atoms with Crippen molar-refractivity contribution in [3.05, 3.63) is 119 Å². The van der Waals surface area contributed by atoms with Gasteiger partial charge in [-0.25, -0.2) is 0 Å². The number of hydrogen-bond donors (Lipinski definition) is 0. The highest BCUT2D eigenvalue weighted by molar-refractivity contribution is 6.17. The Morgan fingerprint density at radius 2 is 0.684 bits per heavy atom. The Balaban J connectivity index is 1.64. The zero-order valence-corrected chi connectivity index (χ0v) is 19.5. The molecule has 0 aliphatic rings. The first-order chi connectivity index (χ1) is 18.0. The summed E-state index contributed by atoms with van der Waals surface area (Å²) in [7, 11) is 2.60. The van der Waals surface area contributed by atoms with Gasteiger partial charge >= 0.3 is 0 Å². The molecule has 0 bridgehead atoms. The lowest BCUT2D eigenvalue weighted by atomic mass is 10.0. The SMILES string of the molecule is Cn1c(=O)c2cc3c(=O)n(-n4c(=O)c5ccc6c(ccc7c(=O)n(C)c(=O)c76)c5c4=O)c(=O)c3cc2c1=O. The smallest absolute Gasteiger partial charge is 0.277 e. The molecule has 0 spiro atoms. The molecule has 4 aromatic heterocycles. The van der Waals surface area contributed by atoms with E-state index < -0.39 is 44.5 Å². The van der Waals surface area contributed by atoms with E-state index in [4.69, 9.17) is 0 Å².